The summed E-state index contributed by atoms with van der Waals surface area (Å²) in [5.41, 5.74) is -0.358. The number of aromatic carboxylic acids is 1. The molecule has 0 atom stereocenters. The van der Waals surface area contributed by atoms with Crippen molar-refractivity contribution in [3.05, 3.63) is 35.9 Å². The third-order valence-corrected chi connectivity index (χ3v) is 3.28. The molecule has 0 aliphatic carbocycles. The monoisotopic (exact) mass is 267 g/mol. The summed E-state index contributed by atoms with van der Waals surface area (Å²) in [4.78, 5) is 10.4. The molecule has 0 spiro atoms. The van der Waals surface area contributed by atoms with E-state index in [0.717, 1.165) is 18.2 Å². The van der Waals surface area contributed by atoms with Gasteiger partial charge in [0, 0.05) is 0 Å². The van der Waals surface area contributed by atoms with Crippen molar-refractivity contribution in [1.82, 2.24) is 0 Å². The van der Waals surface area contributed by atoms with Crippen LogP contribution in [0.4, 0.5) is 0 Å². The van der Waals surface area contributed by atoms with Gasteiger partial charge in [-0.2, -0.15) is 0 Å². The smallest absolute Gasteiger partial charge is 0.339 e. The summed E-state index contributed by atoms with van der Waals surface area (Å²) >= 11 is 0. The van der Waals surface area contributed by atoms with Gasteiger partial charge in [0.05, 0.1) is 4.90 Å². The Morgan fingerprint density at radius 3 is 2.33 bits per heavy atom. The largest absolute Gasteiger partial charge is 0.744 e. The molecular formula is C11H7O6S-. The summed E-state index contributed by atoms with van der Waals surface area (Å²) in [6.45, 7) is 0. The van der Waals surface area contributed by atoms with Crippen molar-refractivity contribution < 1.29 is 28.0 Å². The van der Waals surface area contributed by atoms with Gasteiger partial charge in [0.15, 0.2) is 0 Å². The van der Waals surface area contributed by atoms with Gasteiger partial charge in [0.1, 0.15) is 21.4 Å². The average Bonchev–Trinajstić information content (AvgIpc) is 2.25. The number of rotatable bonds is 2. The molecule has 2 aromatic rings. The summed E-state index contributed by atoms with van der Waals surface area (Å²) < 4.78 is 32.5. The maximum absolute atomic E-state index is 10.8. The van der Waals surface area contributed by atoms with E-state index < -0.39 is 26.7 Å². The van der Waals surface area contributed by atoms with Crippen molar-refractivity contribution in [3.8, 4) is 5.75 Å². The zero-order chi connectivity index (χ0) is 13.5. The van der Waals surface area contributed by atoms with E-state index in [1.807, 2.05) is 0 Å². The predicted octanol–water partition coefficient (Wildman–Crippen LogP) is 1.15. The van der Waals surface area contributed by atoms with Crippen LogP contribution in [-0.4, -0.2) is 29.2 Å². The van der Waals surface area contributed by atoms with Crippen molar-refractivity contribution in [2.45, 2.75) is 4.90 Å². The zero-order valence-corrected chi connectivity index (χ0v) is 9.64. The fourth-order valence-electron chi connectivity index (χ4n) is 1.59. The SMILES string of the molecule is O=C(O)c1cc2cc(S(=O)(=O)[O-])ccc2cc1O. The van der Waals surface area contributed by atoms with Gasteiger partial charge < -0.3 is 14.8 Å². The molecule has 0 heterocycles. The second-order valence-electron chi connectivity index (χ2n) is 3.64. The number of carboxylic acids is 1. The van der Waals surface area contributed by atoms with E-state index in [0.29, 0.717) is 5.39 Å². The Kier molecular flexibility index (Phi) is 2.72. The first-order valence-electron chi connectivity index (χ1n) is 4.75. The van der Waals surface area contributed by atoms with Crippen LogP contribution >= 0.6 is 0 Å². The molecule has 0 bridgehead atoms. The Bertz CT molecular complexity index is 747. The number of carbonyl (C=O) groups is 1. The first-order chi connectivity index (χ1) is 8.29. The van der Waals surface area contributed by atoms with Crippen LogP contribution in [-0.2, 0) is 10.1 Å². The minimum absolute atomic E-state index is 0.252. The molecule has 0 amide bonds. The van der Waals surface area contributed by atoms with Gasteiger partial charge in [0.25, 0.3) is 0 Å². The van der Waals surface area contributed by atoms with Crippen LogP contribution in [0.5, 0.6) is 5.75 Å². The van der Waals surface area contributed by atoms with Crippen molar-refractivity contribution in [3.63, 3.8) is 0 Å². The summed E-state index contributed by atoms with van der Waals surface area (Å²) in [5.74, 6) is -1.77. The highest BCUT2D eigenvalue weighted by Gasteiger charge is 2.11. The van der Waals surface area contributed by atoms with Gasteiger partial charge in [-0.1, -0.05) is 6.07 Å². The lowest BCUT2D eigenvalue weighted by Gasteiger charge is -2.09. The molecular weight excluding hydrogens is 260 g/mol. The van der Waals surface area contributed by atoms with Crippen molar-refractivity contribution in [2.24, 2.45) is 0 Å². The molecule has 0 aromatic heterocycles. The fourth-order valence-corrected chi connectivity index (χ4v) is 2.10. The number of phenols is 1. The van der Waals surface area contributed by atoms with E-state index >= 15 is 0 Å². The number of aromatic hydroxyl groups is 1. The second kappa shape index (κ2) is 3.97. The van der Waals surface area contributed by atoms with E-state index in [4.69, 9.17) is 5.11 Å². The van der Waals surface area contributed by atoms with Gasteiger partial charge in [-0.3, -0.25) is 0 Å². The summed E-state index contributed by atoms with van der Waals surface area (Å²) in [6.07, 6.45) is 0. The first-order valence-corrected chi connectivity index (χ1v) is 6.16. The quantitative estimate of drug-likeness (QED) is 0.788. The van der Waals surface area contributed by atoms with Crippen LogP contribution in [0.15, 0.2) is 35.2 Å². The van der Waals surface area contributed by atoms with Crippen LogP contribution in [0.1, 0.15) is 10.4 Å². The van der Waals surface area contributed by atoms with Gasteiger partial charge in [-0.15, -0.1) is 0 Å². The van der Waals surface area contributed by atoms with E-state index in [1.54, 1.807) is 0 Å². The first kappa shape index (κ1) is 12.3. The molecule has 0 fully saturated rings. The lowest BCUT2D eigenvalue weighted by Crippen LogP contribution is -1.99. The molecule has 2 N–H and O–H groups in total. The van der Waals surface area contributed by atoms with Crippen molar-refractivity contribution in [2.75, 3.05) is 0 Å². The molecule has 6 nitrogen and oxygen atoms in total. The van der Waals surface area contributed by atoms with Crippen molar-refractivity contribution >= 4 is 26.9 Å². The highest BCUT2D eigenvalue weighted by Crippen LogP contribution is 2.27. The molecule has 7 heteroatoms. The Balaban J connectivity index is 2.77. The molecule has 18 heavy (non-hydrogen) atoms. The van der Waals surface area contributed by atoms with Crippen LogP contribution in [0, 0.1) is 0 Å². The van der Waals surface area contributed by atoms with Crippen LogP contribution in [0.25, 0.3) is 10.8 Å². The number of carboxylic acid groups (broad SMARTS) is 1. The average molecular weight is 267 g/mol. The minimum Gasteiger partial charge on any atom is -0.744 e. The predicted molar refractivity (Wildman–Crippen MR) is 60.5 cm³/mol. The highest BCUT2D eigenvalue weighted by atomic mass is 32.2. The summed E-state index contributed by atoms with van der Waals surface area (Å²) in [5, 5.41) is 18.9. The fraction of sp³-hybridized carbons (Fsp3) is 0. The van der Waals surface area contributed by atoms with E-state index in [-0.39, 0.29) is 10.9 Å². The van der Waals surface area contributed by atoms with Crippen LogP contribution < -0.4 is 0 Å². The third-order valence-electron chi connectivity index (χ3n) is 2.45. The molecule has 2 aromatic carbocycles. The number of benzene rings is 2. The number of hydrogen-bond acceptors (Lipinski definition) is 5. The Morgan fingerprint density at radius 1 is 1.11 bits per heavy atom. The molecule has 94 valence electrons. The van der Waals surface area contributed by atoms with Gasteiger partial charge in [0.2, 0.25) is 0 Å². The Morgan fingerprint density at radius 2 is 1.78 bits per heavy atom. The number of hydrogen-bond donors (Lipinski definition) is 2. The Hall–Kier alpha value is -2.12. The van der Waals surface area contributed by atoms with Crippen molar-refractivity contribution in [1.29, 1.82) is 0 Å². The van der Waals surface area contributed by atoms with E-state index in [2.05, 4.69) is 0 Å². The lowest BCUT2D eigenvalue weighted by atomic mass is 10.1. The molecule has 0 saturated heterocycles. The molecule has 0 unspecified atom stereocenters. The molecule has 0 aliphatic rings. The summed E-state index contributed by atoms with van der Waals surface area (Å²) in [6, 6.07) is 5.81. The second-order valence-corrected chi connectivity index (χ2v) is 5.02. The normalized spacial score (nSPS) is 11.6. The topological polar surface area (TPSA) is 115 Å². The van der Waals surface area contributed by atoms with E-state index in [1.165, 1.54) is 12.1 Å². The third kappa shape index (κ3) is 2.13. The molecule has 0 radical (unpaired) electrons. The standard InChI is InChI=1S/C11H8O6S/c12-10-5-6-1-2-8(18(15,16)17)3-7(6)4-9(10)11(13)14/h1-5,12H,(H,13,14)(H,15,16,17)/p-1. The van der Waals surface area contributed by atoms with Gasteiger partial charge in [-0.25, -0.2) is 13.2 Å². The highest BCUT2D eigenvalue weighted by molar-refractivity contribution is 7.85. The van der Waals surface area contributed by atoms with Crippen LogP contribution in [0.2, 0.25) is 0 Å². The minimum atomic E-state index is -4.60. The summed E-state index contributed by atoms with van der Waals surface area (Å²) in [7, 11) is -4.60. The maximum Gasteiger partial charge on any atom is 0.339 e. The van der Waals surface area contributed by atoms with E-state index in [9.17, 15) is 22.9 Å². The molecule has 0 aliphatic heterocycles. The Labute approximate surface area is 102 Å². The van der Waals surface area contributed by atoms with Gasteiger partial charge in [-0.05, 0) is 35.0 Å². The number of fused-ring (bicyclic) bond motifs is 1. The van der Waals surface area contributed by atoms with Gasteiger partial charge >= 0.3 is 5.97 Å². The molecule has 2 rings (SSSR count). The lowest BCUT2D eigenvalue weighted by molar-refractivity contribution is 0.0694. The van der Waals surface area contributed by atoms with Crippen LogP contribution in [0.3, 0.4) is 0 Å². The zero-order valence-electron chi connectivity index (χ0n) is 8.82. The molecule has 0 saturated carbocycles. The maximum atomic E-state index is 10.8.